The topological polar surface area (TPSA) is 73.0 Å². The highest BCUT2D eigenvalue weighted by Crippen LogP contribution is 2.31. The van der Waals surface area contributed by atoms with Crippen LogP contribution in [0.5, 0.6) is 0 Å². The Morgan fingerprint density at radius 1 is 1.30 bits per heavy atom. The predicted octanol–water partition coefficient (Wildman–Crippen LogP) is 3.75. The Kier molecular flexibility index (Phi) is 5.03. The lowest BCUT2D eigenvalue weighted by Crippen LogP contribution is -2.36. The Hall–Kier alpha value is -2.54. The number of fused-ring (bicyclic) bond motifs is 1. The molecule has 0 spiro atoms. The smallest absolute Gasteiger partial charge is 0.233 e. The number of nitrogens with one attached hydrogen (secondary N) is 1. The highest BCUT2D eigenvalue weighted by Gasteiger charge is 2.25. The first-order chi connectivity index (χ1) is 13.1. The highest BCUT2D eigenvalue weighted by atomic mass is 32.2. The van der Waals surface area contributed by atoms with Crippen LogP contribution in [0.15, 0.2) is 52.2 Å². The summed E-state index contributed by atoms with van der Waals surface area (Å²) >= 11 is 1.40. The van der Waals surface area contributed by atoms with Crippen LogP contribution in [0.25, 0.3) is 11.6 Å². The van der Waals surface area contributed by atoms with Gasteiger partial charge in [-0.15, -0.1) is 10.2 Å². The van der Waals surface area contributed by atoms with E-state index >= 15 is 0 Å². The summed E-state index contributed by atoms with van der Waals surface area (Å²) in [6, 6.07) is 12.1. The number of aromatic nitrogens is 3. The van der Waals surface area contributed by atoms with Crippen LogP contribution in [0.4, 0.5) is 0 Å². The molecule has 0 saturated carbocycles. The summed E-state index contributed by atoms with van der Waals surface area (Å²) in [7, 11) is 1.88. The summed E-state index contributed by atoms with van der Waals surface area (Å²) in [4.78, 5) is 12.8. The quantitative estimate of drug-likeness (QED) is 0.681. The van der Waals surface area contributed by atoms with Crippen LogP contribution in [0, 0.1) is 0 Å². The Morgan fingerprint density at radius 2 is 2.15 bits per heavy atom. The molecule has 1 aliphatic rings. The van der Waals surface area contributed by atoms with Crippen molar-refractivity contribution < 1.29 is 9.21 Å². The molecule has 7 heteroatoms. The molecule has 1 N–H and O–H groups in total. The van der Waals surface area contributed by atoms with Crippen molar-refractivity contribution >= 4 is 17.7 Å². The minimum absolute atomic E-state index is 0.0178. The number of thioether (sulfide) groups is 1. The second-order valence-electron chi connectivity index (χ2n) is 6.75. The second-order valence-corrected chi connectivity index (χ2v) is 8.06. The molecule has 1 aromatic carbocycles. The summed E-state index contributed by atoms with van der Waals surface area (Å²) < 4.78 is 7.24. The molecule has 27 heavy (non-hydrogen) atoms. The first-order valence-electron chi connectivity index (χ1n) is 9.11. The zero-order valence-electron chi connectivity index (χ0n) is 15.4. The summed E-state index contributed by atoms with van der Waals surface area (Å²) in [6.45, 7) is 1.90. The van der Waals surface area contributed by atoms with Gasteiger partial charge in [0.25, 0.3) is 0 Å². The van der Waals surface area contributed by atoms with Gasteiger partial charge < -0.3 is 14.3 Å². The Bertz CT molecular complexity index is 935. The van der Waals surface area contributed by atoms with E-state index in [9.17, 15) is 4.79 Å². The van der Waals surface area contributed by atoms with Crippen molar-refractivity contribution in [3.63, 3.8) is 0 Å². The van der Waals surface area contributed by atoms with Crippen molar-refractivity contribution in [1.82, 2.24) is 20.1 Å². The third-order valence-electron chi connectivity index (χ3n) is 4.91. The number of hydrogen-bond donors (Lipinski definition) is 1. The fourth-order valence-corrected chi connectivity index (χ4v) is 4.27. The van der Waals surface area contributed by atoms with Gasteiger partial charge in [0.15, 0.2) is 16.7 Å². The minimum atomic E-state index is -0.272. The second kappa shape index (κ2) is 7.60. The molecule has 0 saturated heterocycles. The van der Waals surface area contributed by atoms with Crippen molar-refractivity contribution in [2.75, 3.05) is 0 Å². The predicted molar refractivity (Wildman–Crippen MR) is 104 cm³/mol. The third kappa shape index (κ3) is 3.64. The Balaban J connectivity index is 1.44. The molecule has 1 amide bonds. The number of carbonyl (C=O) groups is 1. The first kappa shape index (κ1) is 17.9. The molecule has 140 valence electrons. The van der Waals surface area contributed by atoms with E-state index in [-0.39, 0.29) is 17.2 Å². The molecule has 1 aliphatic carbocycles. The van der Waals surface area contributed by atoms with Crippen LogP contribution in [0.2, 0.25) is 0 Å². The molecule has 0 aliphatic heterocycles. The average molecular weight is 382 g/mol. The molecule has 3 aromatic rings. The summed E-state index contributed by atoms with van der Waals surface area (Å²) in [5.41, 5.74) is 2.58. The standard InChI is InChI=1S/C20H22N4O2S/c1-13(27-20-23-22-18(24(20)2)17-11-6-12-26-17)19(25)21-16-10-5-8-14-7-3-4-9-15(14)16/h3-4,6-7,9,11-13,16H,5,8,10H2,1-2H3,(H,21,25). The van der Waals surface area contributed by atoms with E-state index in [1.807, 2.05) is 36.7 Å². The van der Waals surface area contributed by atoms with E-state index in [1.54, 1.807) is 6.26 Å². The van der Waals surface area contributed by atoms with Crippen LogP contribution >= 0.6 is 11.8 Å². The monoisotopic (exact) mass is 382 g/mol. The highest BCUT2D eigenvalue weighted by molar-refractivity contribution is 8.00. The number of hydrogen-bond acceptors (Lipinski definition) is 5. The fraction of sp³-hybridized carbons (Fsp3) is 0.350. The van der Waals surface area contributed by atoms with Crippen molar-refractivity contribution in [2.24, 2.45) is 7.05 Å². The maximum Gasteiger partial charge on any atom is 0.233 e. The molecular weight excluding hydrogens is 360 g/mol. The number of amides is 1. The van der Waals surface area contributed by atoms with E-state index in [0.717, 1.165) is 19.3 Å². The maximum absolute atomic E-state index is 12.8. The van der Waals surface area contributed by atoms with E-state index < -0.39 is 0 Å². The molecule has 0 fully saturated rings. The molecule has 0 radical (unpaired) electrons. The van der Waals surface area contributed by atoms with Gasteiger partial charge in [-0.25, -0.2) is 0 Å². The first-order valence-corrected chi connectivity index (χ1v) is 9.99. The zero-order chi connectivity index (χ0) is 18.8. The van der Waals surface area contributed by atoms with Gasteiger partial charge in [-0.3, -0.25) is 4.79 Å². The molecule has 4 rings (SSSR count). The third-order valence-corrected chi connectivity index (χ3v) is 6.05. The maximum atomic E-state index is 12.8. The van der Waals surface area contributed by atoms with Crippen LogP contribution in [0.1, 0.15) is 36.9 Å². The Morgan fingerprint density at radius 3 is 2.96 bits per heavy atom. The number of aryl methyl sites for hydroxylation is 1. The molecule has 0 bridgehead atoms. The van der Waals surface area contributed by atoms with Gasteiger partial charge >= 0.3 is 0 Å². The largest absolute Gasteiger partial charge is 0.461 e. The summed E-state index contributed by atoms with van der Waals surface area (Å²) in [5.74, 6) is 1.33. The van der Waals surface area contributed by atoms with Crippen LogP contribution in [-0.4, -0.2) is 25.9 Å². The average Bonchev–Trinajstić information content (AvgIpc) is 3.32. The Labute approximate surface area is 162 Å². The molecule has 2 heterocycles. The van der Waals surface area contributed by atoms with E-state index in [2.05, 4.69) is 33.7 Å². The number of rotatable bonds is 5. The van der Waals surface area contributed by atoms with Crippen LogP contribution in [-0.2, 0) is 18.3 Å². The fourth-order valence-electron chi connectivity index (χ4n) is 3.44. The molecular formula is C20H22N4O2S. The lowest BCUT2D eigenvalue weighted by Gasteiger charge is -2.27. The van der Waals surface area contributed by atoms with Crippen molar-refractivity contribution in [2.45, 2.75) is 42.6 Å². The lowest BCUT2D eigenvalue weighted by molar-refractivity contribution is -0.121. The zero-order valence-corrected chi connectivity index (χ0v) is 16.2. The number of carbonyl (C=O) groups excluding carboxylic acids is 1. The normalized spacial score (nSPS) is 17.3. The van der Waals surface area contributed by atoms with Gasteiger partial charge in [0.05, 0.1) is 17.6 Å². The van der Waals surface area contributed by atoms with Gasteiger partial charge in [0.1, 0.15) is 0 Å². The summed E-state index contributed by atoms with van der Waals surface area (Å²) in [6.07, 6.45) is 4.77. The van der Waals surface area contributed by atoms with E-state index in [1.165, 1.54) is 22.9 Å². The minimum Gasteiger partial charge on any atom is -0.461 e. The van der Waals surface area contributed by atoms with E-state index in [0.29, 0.717) is 16.7 Å². The van der Waals surface area contributed by atoms with Crippen molar-refractivity contribution in [3.8, 4) is 11.6 Å². The van der Waals surface area contributed by atoms with Gasteiger partial charge in [-0.2, -0.15) is 0 Å². The molecule has 2 atom stereocenters. The van der Waals surface area contributed by atoms with Crippen molar-refractivity contribution in [3.05, 3.63) is 53.8 Å². The van der Waals surface area contributed by atoms with Crippen LogP contribution in [0.3, 0.4) is 0 Å². The van der Waals surface area contributed by atoms with Gasteiger partial charge in [0, 0.05) is 7.05 Å². The number of benzene rings is 1. The SMILES string of the molecule is CC(Sc1nnc(-c2ccco2)n1C)C(=O)NC1CCCc2ccccc21. The van der Waals surface area contributed by atoms with Gasteiger partial charge in [-0.05, 0) is 49.4 Å². The van der Waals surface area contributed by atoms with Crippen LogP contribution < -0.4 is 5.32 Å². The molecule has 2 unspecified atom stereocenters. The van der Waals surface area contributed by atoms with Crippen molar-refractivity contribution in [1.29, 1.82) is 0 Å². The lowest BCUT2D eigenvalue weighted by atomic mass is 9.88. The molecule has 2 aromatic heterocycles. The molecule has 6 nitrogen and oxygen atoms in total. The summed E-state index contributed by atoms with van der Waals surface area (Å²) in [5, 5.41) is 12.0. The van der Waals surface area contributed by atoms with Gasteiger partial charge in [-0.1, -0.05) is 36.0 Å². The number of furan rings is 1. The van der Waals surface area contributed by atoms with Gasteiger partial charge in [0.2, 0.25) is 5.91 Å². The van der Waals surface area contributed by atoms with E-state index in [4.69, 9.17) is 4.42 Å². The number of nitrogens with zero attached hydrogens (tertiary/aromatic N) is 3.